The van der Waals surface area contributed by atoms with Gasteiger partial charge in [0, 0.05) is 6.30 Å². The van der Waals surface area contributed by atoms with Crippen LogP contribution in [0.15, 0.2) is 0 Å². The summed E-state index contributed by atoms with van der Waals surface area (Å²) in [5.74, 6) is 0. The Morgan fingerprint density at radius 2 is 2.00 bits per heavy atom. The number of hydrogen-bond donors (Lipinski definition) is 0. The molecule has 24 valence electrons. The Kier molecular flexibility index (Phi) is 2.16. The highest BCUT2D eigenvalue weighted by Gasteiger charge is 1.51. The van der Waals surface area contributed by atoms with E-state index in [4.69, 9.17) is 0 Å². The van der Waals surface area contributed by atoms with Crippen molar-refractivity contribution < 1.29 is 0 Å². The first-order valence-electron chi connectivity index (χ1n) is 0.987. The Balaban J connectivity index is 2.80. The highest BCUT2D eigenvalue weighted by atomic mass is 32.0. The predicted molar refractivity (Wildman–Crippen MR) is 28.3 cm³/mol. The average Bonchev–Trinajstić information content (AvgIpc) is 0.811. The maximum absolute atomic E-state index is 3.62. The van der Waals surface area contributed by atoms with E-state index in [9.17, 15) is 0 Å². The molecule has 0 saturated carbocycles. The van der Waals surface area contributed by atoms with Crippen LogP contribution in [0.2, 0.25) is 0 Å². The van der Waals surface area contributed by atoms with Gasteiger partial charge in [-0.3, -0.25) is 8.93 Å². The Hall–Kier alpha value is 0.600. The maximum Gasteiger partial charge on any atom is 0.0652 e. The lowest BCUT2D eigenvalue weighted by Gasteiger charge is -1.67. The predicted octanol–water partition coefficient (Wildman–Crippen LogP) is 1.59. The van der Waals surface area contributed by atoms with Gasteiger partial charge in [0.25, 0.3) is 0 Å². The van der Waals surface area contributed by atoms with Gasteiger partial charge in [-0.05, 0) is 0 Å². The van der Waals surface area contributed by atoms with Gasteiger partial charge in [-0.2, -0.15) is 0 Å². The summed E-state index contributed by atoms with van der Waals surface area (Å²) in [6.07, 6.45) is 3.62. The third-order valence-electron chi connectivity index (χ3n) is 0. The molecule has 0 radical (unpaired) electrons. The van der Waals surface area contributed by atoms with Crippen molar-refractivity contribution in [3.05, 3.63) is 0 Å². The maximum atomic E-state index is 3.62. The van der Waals surface area contributed by atoms with E-state index in [1.807, 2.05) is 6.66 Å². The lowest BCUT2D eigenvalue weighted by molar-refractivity contribution is 2.50. The first-order valence-corrected chi connectivity index (χ1v) is 4.30. The second-order valence-corrected chi connectivity index (χ2v) is 4.38. The van der Waals surface area contributed by atoms with E-state index < -0.39 is 0 Å². The highest BCUT2D eigenvalue weighted by Crippen LogP contribution is 2.22. The molecule has 0 rings (SSSR count). The van der Waals surface area contributed by atoms with E-state index in [0.29, 0.717) is 0 Å². The molecule has 0 aromatic heterocycles. The van der Waals surface area contributed by atoms with Gasteiger partial charge in [0.1, 0.15) is 0 Å². The molecular weight excluding hydrogens is 86.0 g/mol. The monoisotopic (exact) mass is 92.0 g/mol. The highest BCUT2D eigenvalue weighted by molar-refractivity contribution is 8.11. The van der Waals surface area contributed by atoms with E-state index in [0.717, 1.165) is 0 Å². The van der Waals surface area contributed by atoms with E-state index in [1.54, 1.807) is 0 Å². The van der Waals surface area contributed by atoms with Gasteiger partial charge >= 0.3 is 0 Å². The molecule has 0 heterocycles. The fourth-order valence-electron chi connectivity index (χ4n) is 0. The molecule has 0 aliphatic heterocycles. The van der Waals surface area contributed by atoms with Crippen LogP contribution >= 0.6 is 16.2 Å². The van der Waals surface area contributed by atoms with Gasteiger partial charge in [0.2, 0.25) is 0 Å². The number of hydrogen-bond acceptors (Lipinski definition) is 0. The van der Waals surface area contributed by atoms with Crippen LogP contribution in [0.25, 0.3) is 0 Å². The van der Waals surface area contributed by atoms with Crippen LogP contribution in [-0.2, 0) is 0 Å². The fraction of sp³-hybridized carbons (Fsp3) is 0.500. The lowest BCUT2D eigenvalue weighted by Crippen LogP contribution is -1.19. The van der Waals surface area contributed by atoms with E-state index in [2.05, 4.69) is 15.2 Å². The van der Waals surface area contributed by atoms with Crippen molar-refractivity contribution in [1.29, 1.82) is 0 Å². The van der Waals surface area contributed by atoms with Gasteiger partial charge in [-0.1, -0.05) is 7.23 Å². The summed E-state index contributed by atoms with van der Waals surface area (Å²) in [5.41, 5.74) is 0. The molecule has 0 aliphatic carbocycles. The van der Waals surface area contributed by atoms with Crippen LogP contribution in [-0.4, -0.2) is 13.0 Å². The minimum atomic E-state index is -0.0648. The smallest absolute Gasteiger partial charge is 0.0652 e. The second-order valence-electron chi connectivity index (χ2n) is 0.698. The molecule has 4 heavy (non-hydrogen) atoms. The summed E-state index contributed by atoms with van der Waals surface area (Å²) in [5, 5.41) is 0. The summed E-state index contributed by atoms with van der Waals surface area (Å²) in [6.45, 7) is 2.03. The molecule has 1 atom stereocenters. The molecule has 0 aromatic rings. The Bertz CT molecular complexity index is 27.0. The van der Waals surface area contributed by atoms with Crippen LogP contribution in [0.1, 0.15) is 0 Å². The van der Waals surface area contributed by atoms with Crippen LogP contribution < -0.4 is 0 Å². The van der Waals surface area contributed by atoms with Crippen molar-refractivity contribution in [3.63, 3.8) is 0 Å². The number of rotatable bonds is 0. The normalized spacial score (nSPS) is 11.0. The molecule has 2 heteroatoms. The SMILES string of the molecule is C=[P+](C)[PH-]. The quantitative estimate of drug-likeness (QED) is 0.398. The third kappa shape index (κ3) is 18.5. The first kappa shape index (κ1) is 4.60. The zero-order valence-electron chi connectivity index (χ0n) is 2.65. The van der Waals surface area contributed by atoms with Crippen molar-refractivity contribution >= 4 is 22.5 Å². The molecular formula is C2H6P2. The van der Waals surface area contributed by atoms with Crippen LogP contribution in [0.5, 0.6) is 0 Å². The molecule has 0 spiro atoms. The largest absolute Gasteiger partial charge is 0.284 e. The third-order valence-corrected chi connectivity index (χ3v) is 0. The van der Waals surface area contributed by atoms with Gasteiger partial charge < -0.3 is 0 Å². The Labute approximate surface area is 30.1 Å². The zero-order valence-corrected chi connectivity index (χ0v) is 4.55. The second kappa shape index (κ2) is 1.88. The topological polar surface area (TPSA) is 0 Å². The molecule has 0 fully saturated rings. The molecule has 0 N–H and O–H groups in total. The standard InChI is InChI=1S/C2H6P2/c1-4(2)3/h3H,1H2,2H3. The van der Waals surface area contributed by atoms with Crippen molar-refractivity contribution in [3.8, 4) is 0 Å². The van der Waals surface area contributed by atoms with Crippen molar-refractivity contribution in [1.82, 2.24) is 0 Å². The summed E-state index contributed by atoms with van der Waals surface area (Å²) in [4.78, 5) is 0. The van der Waals surface area contributed by atoms with Crippen molar-refractivity contribution in [2.24, 2.45) is 0 Å². The van der Waals surface area contributed by atoms with Crippen molar-refractivity contribution in [2.45, 2.75) is 0 Å². The van der Waals surface area contributed by atoms with Crippen LogP contribution in [0.4, 0.5) is 0 Å². The van der Waals surface area contributed by atoms with Gasteiger partial charge in [0.15, 0.2) is 0 Å². The van der Waals surface area contributed by atoms with E-state index in [1.165, 1.54) is 0 Å². The minimum Gasteiger partial charge on any atom is -0.284 e. The van der Waals surface area contributed by atoms with E-state index in [-0.39, 0.29) is 7.23 Å². The Morgan fingerprint density at radius 1 is 2.00 bits per heavy atom. The van der Waals surface area contributed by atoms with Crippen LogP contribution in [0, 0.1) is 0 Å². The molecule has 0 nitrogen and oxygen atoms in total. The summed E-state index contributed by atoms with van der Waals surface area (Å²) < 4.78 is 0. The molecule has 0 aliphatic rings. The molecule has 0 amide bonds. The molecule has 0 bridgehead atoms. The lowest BCUT2D eigenvalue weighted by atomic mass is 11.9. The minimum absolute atomic E-state index is 0.0648. The van der Waals surface area contributed by atoms with Crippen LogP contribution in [0.3, 0.4) is 0 Å². The fourth-order valence-corrected chi connectivity index (χ4v) is 0. The van der Waals surface area contributed by atoms with Gasteiger partial charge in [-0.25, -0.2) is 0 Å². The summed E-state index contributed by atoms with van der Waals surface area (Å²) >= 11 is 0. The Morgan fingerprint density at radius 3 is 2.00 bits per heavy atom. The molecule has 1 unspecified atom stereocenters. The van der Waals surface area contributed by atoms with E-state index >= 15 is 0 Å². The summed E-state index contributed by atoms with van der Waals surface area (Å²) in [7, 11) is 3.20. The molecule has 0 aromatic carbocycles. The zero-order chi connectivity index (χ0) is 3.58. The molecule has 0 saturated heterocycles. The van der Waals surface area contributed by atoms with Gasteiger partial charge in [-0.15, -0.1) is 0 Å². The van der Waals surface area contributed by atoms with Gasteiger partial charge in [0.05, 0.1) is 6.66 Å². The first-order chi connectivity index (χ1) is 1.73. The van der Waals surface area contributed by atoms with Crippen molar-refractivity contribution in [2.75, 3.05) is 6.66 Å². The average molecular weight is 92.0 g/mol. The summed E-state index contributed by atoms with van der Waals surface area (Å²) in [6, 6.07) is 0.